The predicted octanol–water partition coefficient (Wildman–Crippen LogP) is 5.00. The number of rotatable bonds is 4. The van der Waals surface area contributed by atoms with Crippen LogP contribution in [0.15, 0.2) is 48.7 Å². The Morgan fingerprint density at radius 3 is 2.93 bits per heavy atom. The number of hydrogen-bond acceptors (Lipinski definition) is 4. The van der Waals surface area contributed by atoms with Crippen LogP contribution in [0.2, 0.25) is 0 Å². The van der Waals surface area contributed by atoms with Crippen molar-refractivity contribution in [2.45, 2.75) is 6.92 Å². The lowest BCUT2D eigenvalue weighted by molar-refractivity contribution is 0.103. The molecule has 0 aliphatic heterocycles. The number of carbonyl (C=O) groups excluding carboxylic acids is 1. The number of methoxy groups -OCH3 is 1. The maximum atomic E-state index is 14.3. The van der Waals surface area contributed by atoms with E-state index in [0.717, 1.165) is 22.2 Å². The Hall–Kier alpha value is -3.19. The molecule has 136 valence electrons. The molecule has 27 heavy (non-hydrogen) atoms. The van der Waals surface area contributed by atoms with Crippen molar-refractivity contribution in [3.05, 3.63) is 65.0 Å². The van der Waals surface area contributed by atoms with Gasteiger partial charge in [0.1, 0.15) is 21.5 Å². The zero-order chi connectivity index (χ0) is 19.0. The Balaban J connectivity index is 1.66. The van der Waals surface area contributed by atoms with E-state index in [1.807, 2.05) is 30.5 Å². The highest BCUT2D eigenvalue weighted by atomic mass is 32.1. The van der Waals surface area contributed by atoms with Crippen LogP contribution in [-0.2, 0) is 0 Å². The molecular formula is C20H16FN3O2S. The minimum Gasteiger partial charge on any atom is -0.496 e. The Kier molecular flexibility index (Phi) is 4.37. The molecule has 0 unspecified atom stereocenters. The van der Waals surface area contributed by atoms with Gasteiger partial charge in [0.05, 0.1) is 18.4 Å². The van der Waals surface area contributed by atoms with Crippen molar-refractivity contribution in [1.29, 1.82) is 0 Å². The zero-order valence-corrected chi connectivity index (χ0v) is 15.5. The van der Waals surface area contributed by atoms with E-state index in [4.69, 9.17) is 4.74 Å². The van der Waals surface area contributed by atoms with Gasteiger partial charge in [0, 0.05) is 22.8 Å². The van der Waals surface area contributed by atoms with Crippen LogP contribution in [0.3, 0.4) is 0 Å². The first-order chi connectivity index (χ1) is 13.1. The fourth-order valence-electron chi connectivity index (χ4n) is 2.91. The number of ether oxygens (including phenoxy) is 1. The van der Waals surface area contributed by atoms with Gasteiger partial charge in [0.25, 0.3) is 5.91 Å². The van der Waals surface area contributed by atoms with Crippen LogP contribution in [0.25, 0.3) is 21.5 Å². The van der Waals surface area contributed by atoms with E-state index in [2.05, 4.69) is 15.3 Å². The molecule has 0 saturated carbocycles. The van der Waals surface area contributed by atoms with Gasteiger partial charge < -0.3 is 15.0 Å². The molecule has 2 N–H and O–H groups in total. The average molecular weight is 381 g/mol. The number of carbonyl (C=O) groups is 1. The highest BCUT2D eigenvalue weighted by Gasteiger charge is 2.21. The summed E-state index contributed by atoms with van der Waals surface area (Å²) < 4.78 is 19.6. The number of aromatic amines is 1. The van der Waals surface area contributed by atoms with E-state index >= 15 is 0 Å². The molecule has 0 atom stereocenters. The molecule has 0 saturated heterocycles. The molecule has 1 amide bonds. The van der Waals surface area contributed by atoms with Gasteiger partial charge in [-0.05, 0) is 43.3 Å². The van der Waals surface area contributed by atoms with Crippen molar-refractivity contribution < 1.29 is 13.9 Å². The maximum absolute atomic E-state index is 14.3. The highest BCUT2D eigenvalue weighted by molar-refractivity contribution is 7.17. The quantitative estimate of drug-likeness (QED) is 0.523. The molecule has 4 rings (SSSR count). The molecule has 0 bridgehead atoms. The van der Waals surface area contributed by atoms with Crippen LogP contribution in [0.4, 0.5) is 10.1 Å². The number of benzene rings is 2. The fourth-order valence-corrected chi connectivity index (χ4v) is 3.93. The number of nitrogens with zero attached hydrogens (tertiary/aromatic N) is 1. The van der Waals surface area contributed by atoms with Crippen molar-refractivity contribution in [2.24, 2.45) is 0 Å². The lowest BCUT2D eigenvalue weighted by atomic mass is 10.2. The van der Waals surface area contributed by atoms with Crippen molar-refractivity contribution in [3.63, 3.8) is 0 Å². The second kappa shape index (κ2) is 6.85. The van der Waals surface area contributed by atoms with Crippen LogP contribution < -0.4 is 10.1 Å². The number of aryl methyl sites for hydroxylation is 1. The van der Waals surface area contributed by atoms with E-state index in [1.54, 1.807) is 19.1 Å². The minimum absolute atomic E-state index is 0.265. The van der Waals surface area contributed by atoms with Crippen molar-refractivity contribution in [1.82, 2.24) is 9.97 Å². The van der Waals surface area contributed by atoms with Crippen molar-refractivity contribution >= 4 is 33.8 Å². The number of H-pyrrole nitrogens is 1. The van der Waals surface area contributed by atoms with Crippen LogP contribution in [-0.4, -0.2) is 23.0 Å². The number of nitrogens with one attached hydrogen (secondary N) is 2. The van der Waals surface area contributed by atoms with Crippen LogP contribution in [0.1, 0.15) is 15.4 Å². The Morgan fingerprint density at radius 2 is 2.11 bits per heavy atom. The number of amides is 1. The molecule has 0 aliphatic carbocycles. The number of halogens is 1. The van der Waals surface area contributed by atoms with E-state index in [0.29, 0.717) is 27.0 Å². The Labute approximate surface area is 158 Å². The molecule has 0 radical (unpaired) electrons. The summed E-state index contributed by atoms with van der Waals surface area (Å²) in [6.45, 7) is 1.73. The number of aromatic nitrogens is 2. The summed E-state index contributed by atoms with van der Waals surface area (Å²) in [5.74, 6) is -0.331. The summed E-state index contributed by atoms with van der Waals surface area (Å²) in [5, 5.41) is 4.30. The summed E-state index contributed by atoms with van der Waals surface area (Å²) >= 11 is 1.14. The standard InChI is InChI=1S/C20H16FN3O2S/c1-11-18(19(25)24-13-6-7-15-12(10-13)8-9-22-15)27-20(23-11)17-14(21)4-3-5-16(17)26-2/h3-10,22H,1-2H3,(H,24,25). The van der Waals surface area contributed by atoms with E-state index in [1.165, 1.54) is 13.2 Å². The Morgan fingerprint density at radius 1 is 1.26 bits per heavy atom. The second-order valence-electron chi connectivity index (χ2n) is 5.98. The van der Waals surface area contributed by atoms with Crippen LogP contribution in [0, 0.1) is 12.7 Å². The third-order valence-electron chi connectivity index (χ3n) is 4.22. The molecule has 5 nitrogen and oxygen atoms in total. The molecular weight excluding hydrogens is 365 g/mol. The van der Waals surface area contributed by atoms with Crippen LogP contribution >= 0.6 is 11.3 Å². The molecule has 2 aromatic carbocycles. The van der Waals surface area contributed by atoms with Crippen molar-refractivity contribution in [3.8, 4) is 16.3 Å². The number of hydrogen-bond donors (Lipinski definition) is 2. The van der Waals surface area contributed by atoms with E-state index < -0.39 is 5.82 Å². The number of thiazole rings is 1. The van der Waals surface area contributed by atoms with Gasteiger partial charge in [-0.25, -0.2) is 9.37 Å². The van der Waals surface area contributed by atoms with E-state index in [-0.39, 0.29) is 11.5 Å². The third kappa shape index (κ3) is 3.17. The number of fused-ring (bicyclic) bond motifs is 1. The Bertz CT molecular complexity index is 1150. The van der Waals surface area contributed by atoms with Crippen LogP contribution in [0.5, 0.6) is 5.75 Å². The molecule has 7 heteroatoms. The van der Waals surface area contributed by atoms with Gasteiger partial charge in [0.15, 0.2) is 0 Å². The van der Waals surface area contributed by atoms with Gasteiger partial charge >= 0.3 is 0 Å². The lowest BCUT2D eigenvalue weighted by Crippen LogP contribution is -2.11. The van der Waals surface area contributed by atoms with E-state index in [9.17, 15) is 9.18 Å². The van der Waals surface area contributed by atoms with Gasteiger partial charge in [-0.1, -0.05) is 6.07 Å². The minimum atomic E-state index is -0.437. The monoisotopic (exact) mass is 381 g/mol. The van der Waals surface area contributed by atoms with Crippen molar-refractivity contribution in [2.75, 3.05) is 12.4 Å². The normalized spacial score (nSPS) is 10.9. The zero-order valence-electron chi connectivity index (χ0n) is 14.7. The summed E-state index contributed by atoms with van der Waals surface area (Å²) in [6, 6.07) is 12.1. The third-order valence-corrected chi connectivity index (χ3v) is 5.40. The highest BCUT2D eigenvalue weighted by Crippen LogP contribution is 2.36. The van der Waals surface area contributed by atoms with Gasteiger partial charge in [-0.15, -0.1) is 11.3 Å². The van der Waals surface area contributed by atoms with Gasteiger partial charge in [0.2, 0.25) is 0 Å². The lowest BCUT2D eigenvalue weighted by Gasteiger charge is -2.06. The summed E-state index contributed by atoms with van der Waals surface area (Å²) in [5.41, 5.74) is 2.49. The van der Waals surface area contributed by atoms with Gasteiger partial charge in [-0.3, -0.25) is 4.79 Å². The summed E-state index contributed by atoms with van der Waals surface area (Å²) in [4.78, 5) is 20.7. The predicted molar refractivity (Wildman–Crippen MR) is 105 cm³/mol. The number of anilines is 1. The molecule has 2 heterocycles. The molecule has 0 fully saturated rings. The fraction of sp³-hybridized carbons (Fsp3) is 0.100. The second-order valence-corrected chi connectivity index (χ2v) is 6.98. The molecule has 0 spiro atoms. The summed E-state index contributed by atoms with van der Waals surface area (Å²) in [7, 11) is 1.48. The summed E-state index contributed by atoms with van der Waals surface area (Å²) in [6.07, 6.45) is 1.84. The topological polar surface area (TPSA) is 67.0 Å². The first-order valence-corrected chi connectivity index (χ1v) is 9.07. The molecule has 0 aliphatic rings. The average Bonchev–Trinajstić information content (AvgIpc) is 3.27. The van der Waals surface area contributed by atoms with Gasteiger partial charge in [-0.2, -0.15) is 0 Å². The smallest absolute Gasteiger partial charge is 0.267 e. The first kappa shape index (κ1) is 17.2. The maximum Gasteiger partial charge on any atom is 0.267 e. The first-order valence-electron chi connectivity index (χ1n) is 8.25. The molecule has 2 aromatic heterocycles. The largest absolute Gasteiger partial charge is 0.496 e. The SMILES string of the molecule is COc1cccc(F)c1-c1nc(C)c(C(=O)Nc2ccc3[nH]ccc3c2)s1. The molecule has 4 aromatic rings.